The van der Waals surface area contributed by atoms with E-state index in [1.54, 1.807) is 12.1 Å². The zero-order valence-corrected chi connectivity index (χ0v) is 15.7. The maximum atomic E-state index is 15.2. The van der Waals surface area contributed by atoms with Crippen LogP contribution in [0.3, 0.4) is 0 Å². The predicted octanol–water partition coefficient (Wildman–Crippen LogP) is 0.627. The molecule has 1 unspecified atom stereocenters. The van der Waals surface area contributed by atoms with Crippen LogP contribution in [0.1, 0.15) is 28.8 Å². The zero-order chi connectivity index (χ0) is 19.6. The van der Waals surface area contributed by atoms with E-state index in [9.17, 15) is 14.4 Å². The number of hydrogen-bond acceptors (Lipinski definition) is 5. The second kappa shape index (κ2) is 8.04. The fourth-order valence-corrected chi connectivity index (χ4v) is 3.72. The molecule has 0 aromatic heterocycles. The van der Waals surface area contributed by atoms with Crippen LogP contribution in [0.2, 0.25) is 0 Å². The van der Waals surface area contributed by atoms with Gasteiger partial charge >= 0.3 is 0 Å². The Morgan fingerprint density at radius 3 is 2.63 bits per heavy atom. The van der Waals surface area contributed by atoms with Crippen LogP contribution in [0.15, 0.2) is 12.1 Å². The average molecular weight is 376 g/mol. The van der Waals surface area contributed by atoms with Crippen LogP contribution in [0.25, 0.3) is 0 Å². The van der Waals surface area contributed by atoms with Crippen molar-refractivity contribution >= 4 is 23.8 Å². The molecule has 1 N–H and O–H groups in total. The maximum Gasteiger partial charge on any atom is 0.255 e. The minimum Gasteiger partial charge on any atom is -0.367 e. The topological polar surface area (TPSA) is 73.0 Å². The molecule has 1 saturated heterocycles. The molecule has 1 fully saturated rings. The van der Waals surface area contributed by atoms with Gasteiger partial charge in [-0.2, -0.15) is 0 Å². The van der Waals surface area contributed by atoms with Gasteiger partial charge in [-0.15, -0.1) is 0 Å². The number of likely N-dealkylation sites (N-methyl/N-ethyl adjacent to an activating group) is 2. The predicted molar refractivity (Wildman–Crippen MR) is 99.1 cm³/mol. The summed E-state index contributed by atoms with van der Waals surface area (Å²) in [6.07, 6.45) is 1.10. The van der Waals surface area contributed by atoms with E-state index < -0.39 is 6.04 Å². The molecule has 2 amide bonds. The molecule has 146 valence electrons. The van der Waals surface area contributed by atoms with E-state index >= 15 is 4.39 Å². The average Bonchev–Trinajstić information content (AvgIpc) is 3.01. The molecule has 0 spiro atoms. The fraction of sp³-hybridized carbons (Fsp3) is 0.526. The van der Waals surface area contributed by atoms with E-state index in [1.165, 1.54) is 11.9 Å². The van der Waals surface area contributed by atoms with Crippen LogP contribution >= 0.6 is 0 Å². The van der Waals surface area contributed by atoms with E-state index in [0.29, 0.717) is 16.8 Å². The Morgan fingerprint density at radius 1 is 1.30 bits per heavy atom. The summed E-state index contributed by atoms with van der Waals surface area (Å²) in [4.78, 5) is 41.3. The number of halogens is 1. The van der Waals surface area contributed by atoms with Gasteiger partial charge in [0.15, 0.2) is 5.82 Å². The molecule has 0 saturated carbocycles. The molecule has 0 bridgehead atoms. The minimum atomic E-state index is -0.786. The summed E-state index contributed by atoms with van der Waals surface area (Å²) in [7, 11) is 3.52. The number of rotatable bonds is 6. The van der Waals surface area contributed by atoms with E-state index in [2.05, 4.69) is 10.2 Å². The lowest BCUT2D eigenvalue weighted by Crippen LogP contribution is -2.46. The van der Waals surface area contributed by atoms with Crippen molar-refractivity contribution < 1.29 is 18.8 Å². The van der Waals surface area contributed by atoms with Crippen LogP contribution in [0, 0.1) is 5.82 Å². The summed E-state index contributed by atoms with van der Waals surface area (Å²) in [6.45, 7) is 3.20. The van der Waals surface area contributed by atoms with Crippen molar-refractivity contribution in [2.24, 2.45) is 0 Å². The Hall–Kier alpha value is -2.48. The van der Waals surface area contributed by atoms with Crippen LogP contribution in [-0.4, -0.2) is 74.2 Å². The van der Waals surface area contributed by atoms with Gasteiger partial charge < -0.3 is 24.8 Å². The molecule has 0 radical (unpaired) electrons. The molecule has 8 heteroatoms. The van der Waals surface area contributed by atoms with E-state index in [0.717, 1.165) is 32.5 Å². The van der Waals surface area contributed by atoms with Gasteiger partial charge in [0.1, 0.15) is 12.3 Å². The SMILES string of the molecule is CNC(=O)C(CCC=O)N1Cc2c(ccc(N3CCN(C)CC3)c2F)C1=O. The third kappa shape index (κ3) is 3.66. The van der Waals surface area contributed by atoms with E-state index in [1.807, 2.05) is 11.9 Å². The lowest BCUT2D eigenvalue weighted by Gasteiger charge is -2.34. The minimum absolute atomic E-state index is 0.0402. The summed E-state index contributed by atoms with van der Waals surface area (Å²) < 4.78 is 15.2. The van der Waals surface area contributed by atoms with Crippen LogP contribution < -0.4 is 10.2 Å². The highest BCUT2D eigenvalue weighted by Gasteiger charge is 2.38. The molecule has 2 aliphatic heterocycles. The van der Waals surface area contributed by atoms with Crippen molar-refractivity contribution in [1.29, 1.82) is 0 Å². The number of benzene rings is 1. The number of amides is 2. The van der Waals surface area contributed by atoms with Crippen molar-refractivity contribution in [3.8, 4) is 0 Å². The van der Waals surface area contributed by atoms with Crippen molar-refractivity contribution in [3.05, 3.63) is 29.1 Å². The van der Waals surface area contributed by atoms with E-state index in [-0.39, 0.29) is 37.0 Å². The summed E-state index contributed by atoms with van der Waals surface area (Å²) >= 11 is 0. The van der Waals surface area contributed by atoms with Gasteiger partial charge in [0.25, 0.3) is 5.91 Å². The van der Waals surface area contributed by atoms with Crippen molar-refractivity contribution in [3.63, 3.8) is 0 Å². The van der Waals surface area contributed by atoms with Crippen LogP contribution in [0.4, 0.5) is 10.1 Å². The Bertz CT molecular complexity index is 747. The second-order valence-corrected chi connectivity index (χ2v) is 7.02. The van der Waals surface area contributed by atoms with Crippen molar-refractivity contribution in [1.82, 2.24) is 15.1 Å². The number of carbonyl (C=O) groups is 3. The van der Waals surface area contributed by atoms with Crippen molar-refractivity contribution in [2.75, 3.05) is 45.2 Å². The third-order valence-electron chi connectivity index (χ3n) is 5.37. The summed E-state index contributed by atoms with van der Waals surface area (Å²) in [6, 6.07) is 2.52. The standard InChI is InChI=1S/C19H25FN4O3/c1-21-18(26)16(4-3-11-25)24-12-14-13(19(24)27)5-6-15(17(14)20)23-9-7-22(2)8-10-23/h5-6,11,16H,3-4,7-10,12H2,1-2H3,(H,21,26). The monoisotopic (exact) mass is 376 g/mol. The molecule has 1 aromatic carbocycles. The van der Waals surface area contributed by atoms with Gasteiger partial charge in [-0.25, -0.2) is 4.39 Å². The highest BCUT2D eigenvalue weighted by molar-refractivity contribution is 6.01. The highest BCUT2D eigenvalue weighted by Crippen LogP contribution is 2.33. The van der Waals surface area contributed by atoms with Crippen LogP contribution in [0.5, 0.6) is 0 Å². The zero-order valence-electron chi connectivity index (χ0n) is 15.7. The first-order valence-electron chi connectivity index (χ1n) is 9.19. The number of nitrogens with zero attached hydrogens (tertiary/aromatic N) is 3. The number of fused-ring (bicyclic) bond motifs is 1. The number of piperazine rings is 1. The summed E-state index contributed by atoms with van der Waals surface area (Å²) in [5.74, 6) is -1.11. The third-order valence-corrected chi connectivity index (χ3v) is 5.37. The first-order valence-corrected chi connectivity index (χ1v) is 9.19. The molecule has 1 atom stereocenters. The number of aldehydes is 1. The lowest BCUT2D eigenvalue weighted by molar-refractivity contribution is -0.125. The Labute approximate surface area is 158 Å². The number of carbonyl (C=O) groups excluding carboxylic acids is 3. The lowest BCUT2D eigenvalue weighted by atomic mass is 10.1. The summed E-state index contributed by atoms with van der Waals surface area (Å²) in [5.41, 5.74) is 1.13. The fourth-order valence-electron chi connectivity index (χ4n) is 3.72. The second-order valence-electron chi connectivity index (χ2n) is 7.02. The molecule has 7 nitrogen and oxygen atoms in total. The van der Waals surface area contributed by atoms with Crippen molar-refractivity contribution in [2.45, 2.75) is 25.4 Å². The Kier molecular flexibility index (Phi) is 5.74. The largest absolute Gasteiger partial charge is 0.367 e. The Balaban J connectivity index is 1.86. The number of nitrogens with one attached hydrogen (secondary N) is 1. The van der Waals surface area contributed by atoms with Crippen LogP contribution in [-0.2, 0) is 16.1 Å². The molecular weight excluding hydrogens is 351 g/mol. The smallest absolute Gasteiger partial charge is 0.255 e. The molecule has 3 rings (SSSR count). The molecular formula is C19H25FN4O3. The molecule has 2 aliphatic rings. The maximum absolute atomic E-state index is 15.2. The van der Waals surface area contributed by atoms with Gasteiger partial charge in [-0.1, -0.05) is 0 Å². The van der Waals surface area contributed by atoms with Gasteiger partial charge in [-0.3, -0.25) is 9.59 Å². The highest BCUT2D eigenvalue weighted by atomic mass is 19.1. The molecule has 2 heterocycles. The van der Waals surface area contributed by atoms with E-state index in [4.69, 9.17) is 0 Å². The number of anilines is 1. The van der Waals surface area contributed by atoms with Gasteiger partial charge in [-0.05, 0) is 25.6 Å². The molecule has 0 aliphatic carbocycles. The van der Waals surface area contributed by atoms with Gasteiger partial charge in [0.05, 0.1) is 12.2 Å². The van der Waals surface area contributed by atoms with Gasteiger partial charge in [0.2, 0.25) is 5.91 Å². The normalized spacial score (nSPS) is 18.4. The first kappa shape index (κ1) is 19.3. The molecule has 1 aromatic rings. The molecule has 27 heavy (non-hydrogen) atoms. The van der Waals surface area contributed by atoms with Gasteiger partial charge in [0, 0.05) is 50.8 Å². The first-order chi connectivity index (χ1) is 13.0. The Morgan fingerprint density at radius 2 is 2.00 bits per heavy atom. The summed E-state index contributed by atoms with van der Waals surface area (Å²) in [5, 5.41) is 2.52. The quantitative estimate of drug-likeness (QED) is 0.738. The number of hydrogen-bond donors (Lipinski definition) is 1.